The molecular weight excluding hydrogens is 494 g/mol. The Morgan fingerprint density at radius 1 is 1.18 bits per heavy atom. The molecule has 2 aromatic rings. The van der Waals surface area contributed by atoms with Gasteiger partial charge in [-0.15, -0.1) is 0 Å². The van der Waals surface area contributed by atoms with Gasteiger partial charge in [-0.25, -0.2) is 4.98 Å². The maximum Gasteiger partial charge on any atom is 0.251 e. The number of nitrogens with one attached hydrogen (secondary N) is 2. The second-order valence-corrected chi connectivity index (χ2v) is 11.9. The Balaban J connectivity index is 1.37. The van der Waals surface area contributed by atoms with E-state index in [9.17, 15) is 9.59 Å². The molecule has 0 bridgehead atoms. The molecule has 2 amide bonds. The van der Waals surface area contributed by atoms with Gasteiger partial charge in [0.1, 0.15) is 11.4 Å². The standard InChI is InChI=1S/C29H41N7O3/c1-29(2)18-36(21-8-6-7-9-21)25-23(35(4)27(29)38)16-31-28(33-25)32-22-11-10-20(14-24(22)39-5)26(37)30-15-19-12-13-34(3)17-19/h10-11,14,16,19,21H,6-9,12-13,15,17-18H2,1-5H3,(H,30,37)(H,31,32,33)/t19-/m0/s1. The minimum absolute atomic E-state index is 0.0593. The lowest BCUT2D eigenvalue weighted by Crippen LogP contribution is -2.45. The number of likely N-dealkylation sites (tertiary alicyclic amines) is 1. The third-order valence-corrected chi connectivity index (χ3v) is 8.35. The topological polar surface area (TPSA) is 103 Å². The SMILES string of the molecule is COc1cc(C(=O)NC[C@@H]2CCN(C)C2)ccc1Nc1ncc2c(n1)N(C1CCCC1)CC(C)(C)C(=O)N2C. The molecule has 10 nitrogen and oxygen atoms in total. The molecule has 210 valence electrons. The summed E-state index contributed by atoms with van der Waals surface area (Å²) in [6.45, 7) is 7.35. The van der Waals surface area contributed by atoms with E-state index in [1.54, 1.807) is 37.4 Å². The number of hydrogen-bond acceptors (Lipinski definition) is 8. The molecule has 0 spiro atoms. The molecule has 5 rings (SSSR count). The van der Waals surface area contributed by atoms with E-state index in [0.717, 1.165) is 43.9 Å². The van der Waals surface area contributed by atoms with Gasteiger partial charge in [0, 0.05) is 38.3 Å². The van der Waals surface area contributed by atoms with Gasteiger partial charge in [0.05, 0.1) is 24.4 Å². The average molecular weight is 536 g/mol. The Labute approximate surface area is 231 Å². The Bertz CT molecular complexity index is 1230. The minimum Gasteiger partial charge on any atom is -0.495 e. The van der Waals surface area contributed by atoms with E-state index in [-0.39, 0.29) is 11.8 Å². The molecule has 2 aliphatic heterocycles. The van der Waals surface area contributed by atoms with E-state index >= 15 is 0 Å². The van der Waals surface area contributed by atoms with Crippen molar-refractivity contribution in [1.29, 1.82) is 0 Å². The Morgan fingerprint density at radius 3 is 2.64 bits per heavy atom. The van der Waals surface area contributed by atoms with Crippen LogP contribution >= 0.6 is 0 Å². The minimum atomic E-state index is -0.543. The molecule has 3 aliphatic rings. The maximum absolute atomic E-state index is 13.2. The molecule has 39 heavy (non-hydrogen) atoms. The molecule has 0 unspecified atom stereocenters. The van der Waals surface area contributed by atoms with Crippen LogP contribution in [-0.2, 0) is 4.79 Å². The fourth-order valence-corrected chi connectivity index (χ4v) is 6.11. The second-order valence-electron chi connectivity index (χ2n) is 11.9. The third kappa shape index (κ3) is 5.66. The number of amides is 2. The summed E-state index contributed by atoms with van der Waals surface area (Å²) < 4.78 is 5.63. The number of anilines is 4. The highest BCUT2D eigenvalue weighted by Crippen LogP contribution is 2.40. The summed E-state index contributed by atoms with van der Waals surface area (Å²) in [6, 6.07) is 5.69. The number of carbonyl (C=O) groups excluding carboxylic acids is 2. The zero-order valence-electron chi connectivity index (χ0n) is 23.8. The number of hydrogen-bond donors (Lipinski definition) is 2. The van der Waals surface area contributed by atoms with Crippen molar-refractivity contribution >= 4 is 35.0 Å². The van der Waals surface area contributed by atoms with Crippen molar-refractivity contribution in [3.63, 3.8) is 0 Å². The van der Waals surface area contributed by atoms with Crippen molar-refractivity contribution in [1.82, 2.24) is 20.2 Å². The summed E-state index contributed by atoms with van der Waals surface area (Å²) in [7, 11) is 5.49. The first-order chi connectivity index (χ1) is 18.7. The summed E-state index contributed by atoms with van der Waals surface area (Å²) in [5, 5.41) is 6.35. The summed E-state index contributed by atoms with van der Waals surface area (Å²) in [4.78, 5) is 41.8. The van der Waals surface area contributed by atoms with E-state index in [2.05, 4.69) is 32.5 Å². The van der Waals surface area contributed by atoms with Gasteiger partial charge in [-0.2, -0.15) is 4.98 Å². The summed E-state index contributed by atoms with van der Waals surface area (Å²) in [5.74, 6) is 2.15. The lowest BCUT2D eigenvalue weighted by Gasteiger charge is -2.34. The molecule has 2 fully saturated rings. The van der Waals surface area contributed by atoms with Crippen LogP contribution in [0.4, 0.5) is 23.1 Å². The van der Waals surface area contributed by atoms with Crippen LogP contribution < -0.4 is 25.2 Å². The van der Waals surface area contributed by atoms with Gasteiger partial charge in [-0.05, 0) is 70.8 Å². The van der Waals surface area contributed by atoms with Gasteiger partial charge in [-0.3, -0.25) is 9.59 Å². The predicted octanol–water partition coefficient (Wildman–Crippen LogP) is 3.66. The molecule has 1 aliphatic carbocycles. The number of nitrogens with zero attached hydrogens (tertiary/aromatic N) is 5. The third-order valence-electron chi connectivity index (χ3n) is 8.35. The van der Waals surface area contributed by atoms with E-state index < -0.39 is 5.41 Å². The van der Waals surface area contributed by atoms with E-state index in [1.165, 1.54) is 12.8 Å². The zero-order chi connectivity index (χ0) is 27.7. The van der Waals surface area contributed by atoms with Gasteiger partial charge in [0.2, 0.25) is 11.9 Å². The molecule has 1 atom stereocenters. The molecule has 1 saturated carbocycles. The first-order valence-electron chi connectivity index (χ1n) is 14.0. The molecule has 3 heterocycles. The van der Waals surface area contributed by atoms with Gasteiger partial charge in [-0.1, -0.05) is 12.8 Å². The number of methoxy groups -OCH3 is 1. The fourth-order valence-electron chi connectivity index (χ4n) is 6.11. The van der Waals surface area contributed by atoms with Crippen molar-refractivity contribution in [2.45, 2.75) is 52.0 Å². The number of fused-ring (bicyclic) bond motifs is 1. The molecule has 1 aromatic carbocycles. The smallest absolute Gasteiger partial charge is 0.251 e. The van der Waals surface area contributed by atoms with Crippen LogP contribution in [0.15, 0.2) is 24.4 Å². The van der Waals surface area contributed by atoms with Gasteiger partial charge >= 0.3 is 0 Å². The molecule has 10 heteroatoms. The predicted molar refractivity (Wildman–Crippen MR) is 153 cm³/mol. The van der Waals surface area contributed by atoms with Crippen molar-refractivity contribution in [2.75, 3.05) is 62.5 Å². The van der Waals surface area contributed by atoms with Crippen molar-refractivity contribution in [2.24, 2.45) is 11.3 Å². The number of ether oxygens (including phenoxy) is 1. The average Bonchev–Trinajstić information content (AvgIpc) is 3.60. The quantitative estimate of drug-likeness (QED) is 0.554. The van der Waals surface area contributed by atoms with Crippen LogP contribution in [0.5, 0.6) is 5.75 Å². The van der Waals surface area contributed by atoms with Crippen LogP contribution in [0.3, 0.4) is 0 Å². The normalized spacial score (nSPS) is 21.6. The van der Waals surface area contributed by atoms with E-state index in [0.29, 0.717) is 48.0 Å². The largest absolute Gasteiger partial charge is 0.495 e. The number of carbonyl (C=O) groups is 2. The lowest BCUT2D eigenvalue weighted by atomic mass is 9.91. The fraction of sp³-hybridized carbons (Fsp3) is 0.586. The molecule has 0 radical (unpaired) electrons. The summed E-state index contributed by atoms with van der Waals surface area (Å²) in [6.07, 6.45) is 7.38. The number of benzene rings is 1. The highest BCUT2D eigenvalue weighted by Gasteiger charge is 2.41. The zero-order valence-corrected chi connectivity index (χ0v) is 23.8. The van der Waals surface area contributed by atoms with Gasteiger partial charge in [0.15, 0.2) is 5.82 Å². The van der Waals surface area contributed by atoms with Crippen LogP contribution in [0.25, 0.3) is 0 Å². The molecule has 1 aromatic heterocycles. The lowest BCUT2D eigenvalue weighted by molar-refractivity contribution is -0.125. The van der Waals surface area contributed by atoms with Gasteiger partial charge < -0.3 is 30.1 Å². The Hall–Kier alpha value is -3.40. The summed E-state index contributed by atoms with van der Waals surface area (Å²) >= 11 is 0. The highest BCUT2D eigenvalue weighted by atomic mass is 16.5. The maximum atomic E-state index is 13.2. The number of rotatable bonds is 7. The second kappa shape index (κ2) is 11.0. The molecule has 1 saturated heterocycles. The van der Waals surface area contributed by atoms with Crippen LogP contribution in [0.2, 0.25) is 0 Å². The Kier molecular flexibility index (Phi) is 7.66. The summed E-state index contributed by atoms with van der Waals surface area (Å²) in [5.41, 5.74) is 1.38. The van der Waals surface area contributed by atoms with Crippen LogP contribution in [0, 0.1) is 11.3 Å². The van der Waals surface area contributed by atoms with E-state index in [1.807, 2.05) is 19.9 Å². The monoisotopic (exact) mass is 535 g/mol. The van der Waals surface area contributed by atoms with Crippen molar-refractivity contribution in [3.05, 3.63) is 30.0 Å². The van der Waals surface area contributed by atoms with Crippen molar-refractivity contribution in [3.8, 4) is 5.75 Å². The van der Waals surface area contributed by atoms with Crippen LogP contribution in [-0.4, -0.2) is 80.1 Å². The highest BCUT2D eigenvalue weighted by molar-refractivity contribution is 6.01. The first kappa shape index (κ1) is 27.2. The molecule has 2 N–H and O–H groups in total. The Morgan fingerprint density at radius 2 is 1.95 bits per heavy atom. The van der Waals surface area contributed by atoms with E-state index in [4.69, 9.17) is 9.72 Å². The first-order valence-corrected chi connectivity index (χ1v) is 14.0. The molecular formula is C29H41N7O3. The van der Waals surface area contributed by atoms with Gasteiger partial charge in [0.25, 0.3) is 5.91 Å². The van der Waals surface area contributed by atoms with Crippen LogP contribution in [0.1, 0.15) is 56.3 Å². The number of aromatic nitrogens is 2. The van der Waals surface area contributed by atoms with Crippen molar-refractivity contribution < 1.29 is 14.3 Å².